The molecular weight excluding hydrogens is 382 g/mol. The minimum atomic E-state index is -3.98. The summed E-state index contributed by atoms with van der Waals surface area (Å²) < 4.78 is 55.1. The zero-order valence-electron chi connectivity index (χ0n) is 14.0. The van der Waals surface area contributed by atoms with Gasteiger partial charge in [0.25, 0.3) is 0 Å². The molecule has 4 nitrogen and oxygen atoms in total. The number of nitrogens with zero attached hydrogens (tertiary/aromatic N) is 1. The Bertz CT molecular complexity index is 885. The van der Waals surface area contributed by atoms with Crippen LogP contribution in [0.1, 0.15) is 18.4 Å². The molecular formula is C18H19ClF2N2O2S. The molecule has 140 valence electrons. The lowest BCUT2D eigenvalue weighted by atomic mass is 10.1. The first-order valence-electron chi connectivity index (χ1n) is 8.29. The van der Waals surface area contributed by atoms with Crippen LogP contribution in [0.4, 0.5) is 8.78 Å². The number of halogens is 3. The lowest BCUT2D eigenvalue weighted by Gasteiger charge is -2.32. The van der Waals surface area contributed by atoms with Crippen LogP contribution in [0.3, 0.4) is 0 Å². The van der Waals surface area contributed by atoms with Crippen LogP contribution < -0.4 is 4.72 Å². The molecule has 0 amide bonds. The highest BCUT2D eigenvalue weighted by molar-refractivity contribution is 7.89. The van der Waals surface area contributed by atoms with Crippen LogP contribution >= 0.6 is 11.6 Å². The lowest BCUT2D eigenvalue weighted by molar-refractivity contribution is 0.198. The van der Waals surface area contributed by atoms with Crippen molar-refractivity contribution in [1.29, 1.82) is 0 Å². The van der Waals surface area contributed by atoms with Crippen LogP contribution in [-0.4, -0.2) is 32.4 Å². The SMILES string of the molecule is O=S(=O)(NC1CCN(Cc2ccccc2F)CC1)c1cccc(Cl)c1F. The molecule has 26 heavy (non-hydrogen) atoms. The van der Waals surface area contributed by atoms with E-state index in [1.54, 1.807) is 18.2 Å². The summed E-state index contributed by atoms with van der Waals surface area (Å²) in [5, 5.41) is -0.229. The first kappa shape index (κ1) is 19.2. The first-order valence-corrected chi connectivity index (χ1v) is 10.1. The van der Waals surface area contributed by atoms with E-state index in [0.717, 1.165) is 0 Å². The van der Waals surface area contributed by atoms with Gasteiger partial charge in [-0.1, -0.05) is 35.9 Å². The highest BCUT2D eigenvalue weighted by Crippen LogP contribution is 2.23. The second-order valence-electron chi connectivity index (χ2n) is 6.32. The van der Waals surface area contributed by atoms with Gasteiger partial charge in [0.2, 0.25) is 10.0 Å². The molecule has 1 heterocycles. The monoisotopic (exact) mass is 400 g/mol. The van der Waals surface area contributed by atoms with E-state index in [1.807, 2.05) is 0 Å². The van der Waals surface area contributed by atoms with Gasteiger partial charge in [-0.25, -0.2) is 21.9 Å². The van der Waals surface area contributed by atoms with Gasteiger partial charge < -0.3 is 0 Å². The molecule has 0 radical (unpaired) electrons. The summed E-state index contributed by atoms with van der Waals surface area (Å²) in [6, 6.07) is 10.2. The van der Waals surface area contributed by atoms with E-state index in [0.29, 0.717) is 38.0 Å². The van der Waals surface area contributed by atoms with Gasteiger partial charge in [0.15, 0.2) is 5.82 Å². The molecule has 1 N–H and O–H groups in total. The molecule has 0 saturated carbocycles. The van der Waals surface area contributed by atoms with Crippen LogP contribution in [0.5, 0.6) is 0 Å². The summed E-state index contributed by atoms with van der Waals surface area (Å²) in [4.78, 5) is 1.63. The molecule has 0 unspecified atom stereocenters. The van der Waals surface area contributed by atoms with Crippen LogP contribution in [0, 0.1) is 11.6 Å². The molecule has 3 rings (SSSR count). The molecule has 2 aromatic rings. The van der Waals surface area contributed by atoms with Crippen molar-refractivity contribution in [1.82, 2.24) is 9.62 Å². The van der Waals surface area contributed by atoms with Crippen LogP contribution in [0.2, 0.25) is 5.02 Å². The quantitative estimate of drug-likeness (QED) is 0.834. The van der Waals surface area contributed by atoms with Gasteiger partial charge in [-0.05, 0) is 31.0 Å². The van der Waals surface area contributed by atoms with Gasteiger partial charge in [-0.15, -0.1) is 0 Å². The average molecular weight is 401 g/mol. The van der Waals surface area contributed by atoms with E-state index >= 15 is 0 Å². The number of hydrogen-bond donors (Lipinski definition) is 1. The summed E-state index contributed by atoms with van der Waals surface area (Å²) in [6.45, 7) is 1.73. The van der Waals surface area contributed by atoms with Crippen molar-refractivity contribution in [2.24, 2.45) is 0 Å². The fourth-order valence-corrected chi connectivity index (χ4v) is 4.69. The first-order chi connectivity index (χ1) is 12.4. The fraction of sp³-hybridized carbons (Fsp3) is 0.333. The maximum atomic E-state index is 14.0. The smallest absolute Gasteiger partial charge is 0.243 e. The Balaban J connectivity index is 1.60. The fourth-order valence-electron chi connectivity index (χ4n) is 3.05. The minimum absolute atomic E-state index is 0.229. The van der Waals surface area contributed by atoms with E-state index in [2.05, 4.69) is 9.62 Å². The lowest BCUT2D eigenvalue weighted by Crippen LogP contribution is -2.44. The van der Waals surface area contributed by atoms with Gasteiger partial charge in [0.05, 0.1) is 5.02 Å². The normalized spacial score (nSPS) is 16.7. The predicted octanol–water partition coefficient (Wildman–Crippen LogP) is 3.56. The van der Waals surface area contributed by atoms with Crippen LogP contribution in [0.15, 0.2) is 47.4 Å². The molecule has 0 aliphatic carbocycles. The Morgan fingerprint density at radius 3 is 2.46 bits per heavy atom. The number of rotatable bonds is 5. The van der Waals surface area contributed by atoms with Crippen LogP contribution in [0.25, 0.3) is 0 Å². The second-order valence-corrected chi connectivity index (χ2v) is 8.40. The number of likely N-dealkylation sites (tertiary alicyclic amines) is 1. The van der Waals surface area contributed by atoms with Gasteiger partial charge in [0, 0.05) is 31.2 Å². The number of benzene rings is 2. The zero-order chi connectivity index (χ0) is 18.7. The van der Waals surface area contributed by atoms with Crippen molar-refractivity contribution in [3.63, 3.8) is 0 Å². The summed E-state index contributed by atoms with van der Waals surface area (Å²) in [6.07, 6.45) is 1.13. The highest BCUT2D eigenvalue weighted by atomic mass is 35.5. The van der Waals surface area contributed by atoms with Gasteiger partial charge in [-0.2, -0.15) is 0 Å². The Morgan fingerprint density at radius 1 is 1.08 bits per heavy atom. The van der Waals surface area contributed by atoms with Crippen molar-refractivity contribution in [2.75, 3.05) is 13.1 Å². The van der Waals surface area contributed by atoms with Crippen molar-refractivity contribution >= 4 is 21.6 Å². The second kappa shape index (κ2) is 8.00. The Labute approximate surface area is 156 Å². The molecule has 0 atom stereocenters. The largest absolute Gasteiger partial charge is 0.299 e. The Kier molecular flexibility index (Phi) is 5.92. The maximum Gasteiger partial charge on any atom is 0.243 e. The van der Waals surface area contributed by atoms with E-state index in [1.165, 1.54) is 24.3 Å². The third-order valence-electron chi connectivity index (χ3n) is 4.47. The standard InChI is InChI=1S/C18H19ClF2N2O2S/c19-15-5-3-7-17(18(15)21)26(24,25)22-14-8-10-23(11-9-14)12-13-4-1-2-6-16(13)20/h1-7,14,22H,8-12H2. The van der Waals surface area contributed by atoms with Gasteiger partial charge in [0.1, 0.15) is 10.7 Å². The highest BCUT2D eigenvalue weighted by Gasteiger charge is 2.27. The molecule has 0 spiro atoms. The van der Waals surface area contributed by atoms with E-state index in [9.17, 15) is 17.2 Å². The molecule has 1 aliphatic heterocycles. The summed E-state index contributed by atoms with van der Waals surface area (Å²) in [7, 11) is -3.98. The molecule has 1 fully saturated rings. The Morgan fingerprint density at radius 2 is 1.77 bits per heavy atom. The van der Waals surface area contributed by atoms with Crippen LogP contribution in [-0.2, 0) is 16.6 Å². The van der Waals surface area contributed by atoms with Crippen molar-refractivity contribution in [3.8, 4) is 0 Å². The van der Waals surface area contributed by atoms with Gasteiger partial charge in [-0.3, -0.25) is 4.90 Å². The zero-order valence-corrected chi connectivity index (χ0v) is 15.5. The van der Waals surface area contributed by atoms with E-state index in [4.69, 9.17) is 11.6 Å². The average Bonchev–Trinajstić information content (AvgIpc) is 2.60. The molecule has 2 aromatic carbocycles. The summed E-state index contributed by atoms with van der Waals surface area (Å²) in [5.41, 5.74) is 0.618. The number of hydrogen-bond acceptors (Lipinski definition) is 3. The number of sulfonamides is 1. The van der Waals surface area contributed by atoms with Gasteiger partial charge >= 0.3 is 0 Å². The summed E-state index contributed by atoms with van der Waals surface area (Å²) in [5.74, 6) is -1.19. The van der Waals surface area contributed by atoms with Crippen molar-refractivity contribution < 1.29 is 17.2 Å². The molecule has 0 bridgehead atoms. The topological polar surface area (TPSA) is 49.4 Å². The molecule has 0 aromatic heterocycles. The minimum Gasteiger partial charge on any atom is -0.299 e. The number of nitrogens with one attached hydrogen (secondary N) is 1. The maximum absolute atomic E-state index is 14.0. The van der Waals surface area contributed by atoms with E-state index in [-0.39, 0.29) is 16.9 Å². The van der Waals surface area contributed by atoms with E-state index < -0.39 is 20.7 Å². The predicted molar refractivity (Wildman–Crippen MR) is 96.4 cm³/mol. The third-order valence-corrected chi connectivity index (χ3v) is 6.30. The van der Waals surface area contributed by atoms with Crippen molar-refractivity contribution in [2.45, 2.75) is 30.3 Å². The molecule has 8 heteroatoms. The Hall–Kier alpha value is -1.54. The molecule has 1 saturated heterocycles. The number of piperidine rings is 1. The molecule has 1 aliphatic rings. The summed E-state index contributed by atoms with van der Waals surface area (Å²) >= 11 is 5.67. The van der Waals surface area contributed by atoms with Crippen molar-refractivity contribution in [3.05, 3.63) is 64.7 Å². The third kappa shape index (κ3) is 4.40.